The Labute approximate surface area is 336 Å². The van der Waals surface area contributed by atoms with Gasteiger partial charge in [0, 0.05) is 0 Å². The molecule has 0 aromatic heterocycles. The average Bonchev–Trinajstić information content (AvgIpc) is 3.53. The number of hydrogen-bond donors (Lipinski definition) is 10. The van der Waals surface area contributed by atoms with Crippen molar-refractivity contribution in [2.75, 3.05) is 13.2 Å². The highest BCUT2D eigenvalue weighted by Crippen LogP contribution is 2.76. The van der Waals surface area contributed by atoms with Crippen LogP contribution >= 0.6 is 0 Å². The first-order chi connectivity index (χ1) is 26.4. The molecule has 15 nitrogen and oxygen atoms in total. The van der Waals surface area contributed by atoms with E-state index in [0.717, 1.165) is 32.1 Å². The monoisotopic (exact) mass is 816 g/mol. The van der Waals surface area contributed by atoms with Gasteiger partial charge in [-0.05, 0) is 117 Å². The second-order valence-electron chi connectivity index (χ2n) is 20.6. The molecule has 4 saturated carbocycles. The normalized spacial score (nSPS) is 51.2. The summed E-state index contributed by atoms with van der Waals surface area (Å²) in [5.41, 5.74) is -2.96. The van der Waals surface area contributed by atoms with Gasteiger partial charge in [-0.15, -0.1) is 0 Å². The molecule has 2 heterocycles. The zero-order chi connectivity index (χ0) is 42.3. The number of rotatable bonds is 11. The fourth-order valence-electron chi connectivity index (χ4n) is 13.2. The minimum atomic E-state index is -1.77. The molecule has 0 amide bonds. The average molecular weight is 817 g/mol. The molecule has 0 aromatic carbocycles. The van der Waals surface area contributed by atoms with E-state index in [1.54, 1.807) is 19.9 Å². The second kappa shape index (κ2) is 16.1. The summed E-state index contributed by atoms with van der Waals surface area (Å²) in [6.45, 7) is 15.5. The Morgan fingerprint density at radius 2 is 1.30 bits per heavy atom. The lowest BCUT2D eigenvalue weighted by molar-refractivity contribution is -0.378. The number of hydrogen-bond acceptors (Lipinski definition) is 15. The zero-order valence-electron chi connectivity index (χ0n) is 35.0. The summed E-state index contributed by atoms with van der Waals surface area (Å²) in [4.78, 5) is 4.56. The molecule has 0 spiro atoms. The van der Waals surface area contributed by atoms with Crippen molar-refractivity contribution in [3.8, 4) is 0 Å². The molecule has 6 fully saturated rings. The van der Waals surface area contributed by atoms with E-state index in [1.807, 2.05) is 13.0 Å². The molecule has 2 saturated heterocycles. The lowest BCUT2D eigenvalue weighted by Crippen LogP contribution is -2.68. The number of ether oxygens (including phenoxy) is 4. The molecule has 4 aliphatic carbocycles. The van der Waals surface area contributed by atoms with Gasteiger partial charge >= 0.3 is 0 Å². The van der Waals surface area contributed by atoms with E-state index in [1.165, 1.54) is 0 Å². The second-order valence-corrected chi connectivity index (χ2v) is 20.6. The third-order valence-electron chi connectivity index (χ3n) is 16.7. The Kier molecular flexibility index (Phi) is 12.9. The topological polar surface area (TPSA) is 248 Å². The molecule has 57 heavy (non-hydrogen) atoms. The van der Waals surface area contributed by atoms with Crippen LogP contribution in [-0.4, -0.2) is 149 Å². The fourth-order valence-corrected chi connectivity index (χ4v) is 13.2. The molecule has 10 N–H and O–H groups in total. The quantitative estimate of drug-likeness (QED) is 0.0616. The molecule has 330 valence electrons. The highest BCUT2D eigenvalue weighted by Gasteiger charge is 2.71. The van der Waals surface area contributed by atoms with E-state index in [2.05, 4.69) is 39.5 Å². The maximum Gasteiger partial charge on any atom is 0.187 e. The zero-order valence-corrected chi connectivity index (χ0v) is 35.0. The van der Waals surface area contributed by atoms with E-state index in [9.17, 15) is 51.2 Å². The molecule has 20 atom stereocenters. The van der Waals surface area contributed by atoms with Crippen LogP contribution in [0.1, 0.15) is 107 Å². The molecule has 0 radical (unpaired) electrons. The smallest absolute Gasteiger partial charge is 0.187 e. The first kappa shape index (κ1) is 45.7. The van der Waals surface area contributed by atoms with Crippen molar-refractivity contribution in [1.29, 1.82) is 0 Å². The summed E-state index contributed by atoms with van der Waals surface area (Å²) in [6, 6.07) is 0. The van der Waals surface area contributed by atoms with Gasteiger partial charge in [-0.3, -0.25) is 5.26 Å². The van der Waals surface area contributed by atoms with Gasteiger partial charge in [0.15, 0.2) is 12.6 Å². The van der Waals surface area contributed by atoms with Crippen molar-refractivity contribution < 1.29 is 75.1 Å². The molecule has 20 unspecified atom stereocenters. The van der Waals surface area contributed by atoms with Crippen molar-refractivity contribution in [2.45, 2.75) is 192 Å². The number of aliphatic hydroxyl groups is 9. The van der Waals surface area contributed by atoms with Crippen molar-refractivity contribution >= 4 is 0 Å². The van der Waals surface area contributed by atoms with Crippen molar-refractivity contribution in [3.63, 3.8) is 0 Å². The molecule has 0 bridgehead atoms. The van der Waals surface area contributed by atoms with Crippen LogP contribution in [0.3, 0.4) is 0 Å². The molecular formula is C42H72O15. The SMILES string of the molecule is CC(C)(C=CCC(C)(O)C1CCC2(C)C1C(O)CC1C3(C)CCC(OC4OC(CO)C(O)C(O)C4OC4OC(CO)C(O)C(O)C4O)C(C)(C)C3CCC12C)OO. The van der Waals surface area contributed by atoms with E-state index in [4.69, 9.17) is 18.9 Å². The predicted molar refractivity (Wildman–Crippen MR) is 204 cm³/mol. The van der Waals surface area contributed by atoms with Crippen LogP contribution in [0.4, 0.5) is 0 Å². The molecule has 6 aliphatic rings. The molecular weight excluding hydrogens is 744 g/mol. The summed E-state index contributed by atoms with van der Waals surface area (Å²) in [7, 11) is 0. The molecule has 15 heteroatoms. The Hall–Kier alpha value is -0.860. The lowest BCUT2D eigenvalue weighted by Gasteiger charge is -2.70. The minimum absolute atomic E-state index is 0.0950. The summed E-state index contributed by atoms with van der Waals surface area (Å²) in [5, 5.41) is 107. The van der Waals surface area contributed by atoms with E-state index >= 15 is 0 Å². The Morgan fingerprint density at radius 1 is 0.702 bits per heavy atom. The summed E-state index contributed by atoms with van der Waals surface area (Å²) in [6.07, 6.45) is -6.86. The van der Waals surface area contributed by atoms with E-state index < -0.39 is 103 Å². The van der Waals surface area contributed by atoms with Crippen LogP contribution in [0.15, 0.2) is 12.2 Å². The Bertz CT molecular complexity index is 1420. The summed E-state index contributed by atoms with van der Waals surface area (Å²) < 4.78 is 24.3. The number of aliphatic hydroxyl groups excluding tert-OH is 8. The van der Waals surface area contributed by atoms with Gasteiger partial charge in [-0.25, -0.2) is 4.89 Å². The first-order valence-electron chi connectivity index (χ1n) is 21.1. The van der Waals surface area contributed by atoms with Gasteiger partial charge in [-0.2, -0.15) is 0 Å². The van der Waals surface area contributed by atoms with Gasteiger partial charge in [0.2, 0.25) is 0 Å². The van der Waals surface area contributed by atoms with Crippen LogP contribution < -0.4 is 0 Å². The largest absolute Gasteiger partial charge is 0.394 e. The fraction of sp³-hybridized carbons (Fsp3) is 0.952. The van der Waals surface area contributed by atoms with Gasteiger partial charge in [0.05, 0.1) is 31.0 Å². The first-order valence-corrected chi connectivity index (χ1v) is 21.1. The number of fused-ring (bicyclic) bond motifs is 5. The highest BCUT2D eigenvalue weighted by molar-refractivity contribution is 5.20. The molecule has 0 aromatic rings. The minimum Gasteiger partial charge on any atom is -0.394 e. The Morgan fingerprint density at radius 3 is 1.91 bits per heavy atom. The van der Waals surface area contributed by atoms with Crippen molar-refractivity contribution in [2.24, 2.45) is 45.3 Å². The van der Waals surface area contributed by atoms with E-state index in [-0.39, 0.29) is 39.9 Å². The van der Waals surface area contributed by atoms with Crippen LogP contribution in [0.25, 0.3) is 0 Å². The maximum atomic E-state index is 12.2. The third kappa shape index (κ3) is 7.60. The predicted octanol–water partition coefficient (Wildman–Crippen LogP) is 1.62. The summed E-state index contributed by atoms with van der Waals surface area (Å²) in [5.74, 6) is 0.112. The van der Waals surface area contributed by atoms with Crippen molar-refractivity contribution in [3.05, 3.63) is 12.2 Å². The van der Waals surface area contributed by atoms with Crippen LogP contribution in [0.5, 0.6) is 0 Å². The molecule has 2 aliphatic heterocycles. The van der Waals surface area contributed by atoms with Gasteiger partial charge in [0.1, 0.15) is 54.4 Å². The Balaban J connectivity index is 1.22. The highest BCUT2D eigenvalue weighted by atomic mass is 17.1. The van der Waals surface area contributed by atoms with Crippen LogP contribution in [0.2, 0.25) is 0 Å². The summed E-state index contributed by atoms with van der Waals surface area (Å²) >= 11 is 0. The van der Waals surface area contributed by atoms with Crippen LogP contribution in [-0.2, 0) is 23.8 Å². The lowest BCUT2D eigenvalue weighted by atomic mass is 9.35. The van der Waals surface area contributed by atoms with Gasteiger partial charge < -0.3 is 64.9 Å². The standard InChI is InChI=1S/C42H72O15/c1-37(2,57-52)13-9-14-42(8,51)21-10-16-41(7)28(21)22(45)18-26-39(5)15-12-27(38(3,4)25(39)11-17-40(26,41)6)55-36-34(32(49)30(47)24(20-44)54-36)56-35-33(50)31(48)29(46)23(19-43)53-35/h9,13,21-36,43-52H,10-12,14-20H2,1-8H3. The molecule has 6 rings (SSSR count). The van der Waals surface area contributed by atoms with Gasteiger partial charge in [0.25, 0.3) is 0 Å². The van der Waals surface area contributed by atoms with E-state index in [0.29, 0.717) is 19.3 Å². The van der Waals surface area contributed by atoms with Crippen LogP contribution in [0, 0.1) is 45.3 Å². The van der Waals surface area contributed by atoms with Crippen molar-refractivity contribution in [1.82, 2.24) is 0 Å². The maximum absolute atomic E-state index is 12.2. The van der Waals surface area contributed by atoms with Gasteiger partial charge in [-0.1, -0.05) is 46.8 Å². The third-order valence-corrected chi connectivity index (χ3v) is 16.7.